The van der Waals surface area contributed by atoms with Gasteiger partial charge >= 0.3 is 0 Å². The van der Waals surface area contributed by atoms with Gasteiger partial charge in [0, 0.05) is 22.8 Å². The Bertz CT molecular complexity index is 2100. The van der Waals surface area contributed by atoms with Crippen molar-refractivity contribution in [1.82, 2.24) is 29.1 Å². The van der Waals surface area contributed by atoms with E-state index in [-0.39, 0.29) is 28.9 Å². The van der Waals surface area contributed by atoms with Crippen molar-refractivity contribution in [2.75, 3.05) is 5.73 Å². The highest BCUT2D eigenvalue weighted by Crippen LogP contribution is 2.37. The molecule has 0 radical (unpaired) electrons. The minimum absolute atomic E-state index is 0.0897. The number of rotatable bonds is 6. The Labute approximate surface area is 245 Å². The number of anilines is 1. The second kappa shape index (κ2) is 10.4. The van der Waals surface area contributed by atoms with E-state index in [1.807, 2.05) is 70.3 Å². The number of aryl methyl sites for hydroxylation is 2. The third-order valence-corrected chi connectivity index (χ3v) is 8.14. The van der Waals surface area contributed by atoms with Crippen LogP contribution in [-0.4, -0.2) is 35.2 Å². The molecule has 0 saturated carbocycles. The summed E-state index contributed by atoms with van der Waals surface area (Å²) in [5, 5.41) is 17.3. The van der Waals surface area contributed by atoms with E-state index in [9.17, 15) is 10.1 Å². The molecule has 1 aromatic carbocycles. The van der Waals surface area contributed by atoms with E-state index in [0.29, 0.717) is 27.9 Å². The van der Waals surface area contributed by atoms with Gasteiger partial charge in [-0.05, 0) is 57.9 Å². The van der Waals surface area contributed by atoms with Crippen molar-refractivity contribution in [3.63, 3.8) is 0 Å². The summed E-state index contributed by atoms with van der Waals surface area (Å²) < 4.78 is 9.23. The Hall–Kier alpha value is -5.08. The molecule has 0 spiro atoms. The fraction of sp³-hybridized carbons (Fsp3) is 0.226. The second-order valence-electron chi connectivity index (χ2n) is 10.5. The standard InChI is InChI=1S/C31H28N8O2S/c1-16(2)41-30-21(12-32)10-22(13-34-30)27-26-28(33)35-15-36-29(26)39(37-27)19(5)23-11-24-38(18(4)14-42-24)31(40)25(23)20-8-6-7-17(3)9-20/h6-11,13-16,19H,1-5H3,(H2,33,35,36)/t19-/m0/s1. The molecule has 11 heteroatoms. The quantitative estimate of drug-likeness (QED) is 0.267. The first-order valence-corrected chi connectivity index (χ1v) is 14.3. The number of ether oxygens (including phenoxy) is 1. The van der Waals surface area contributed by atoms with Crippen molar-refractivity contribution in [3.8, 4) is 34.3 Å². The van der Waals surface area contributed by atoms with Crippen molar-refractivity contribution < 1.29 is 4.74 Å². The maximum atomic E-state index is 14.0. The molecule has 0 saturated heterocycles. The number of nitrogens with zero attached hydrogens (tertiary/aromatic N) is 7. The summed E-state index contributed by atoms with van der Waals surface area (Å²) in [5.74, 6) is 0.498. The second-order valence-corrected chi connectivity index (χ2v) is 11.4. The molecule has 0 unspecified atom stereocenters. The van der Waals surface area contributed by atoms with Gasteiger partial charge in [0.05, 0.1) is 23.1 Å². The van der Waals surface area contributed by atoms with E-state index >= 15 is 0 Å². The molecule has 0 bridgehead atoms. The Balaban J connectivity index is 1.59. The summed E-state index contributed by atoms with van der Waals surface area (Å²) in [7, 11) is 0. The smallest absolute Gasteiger partial charge is 0.264 e. The number of thiazole rings is 1. The zero-order chi connectivity index (χ0) is 29.7. The number of benzene rings is 1. The first-order chi connectivity index (χ1) is 20.2. The minimum Gasteiger partial charge on any atom is -0.474 e. The molecule has 0 amide bonds. The van der Waals surface area contributed by atoms with Crippen LogP contribution < -0.4 is 16.0 Å². The van der Waals surface area contributed by atoms with Gasteiger partial charge in [0.1, 0.15) is 34.3 Å². The van der Waals surface area contributed by atoms with E-state index in [4.69, 9.17) is 15.6 Å². The fourth-order valence-electron chi connectivity index (χ4n) is 5.22. The first kappa shape index (κ1) is 27.1. The number of fused-ring (bicyclic) bond motifs is 2. The van der Waals surface area contributed by atoms with Crippen LogP contribution in [0.15, 0.2) is 59.1 Å². The van der Waals surface area contributed by atoms with Gasteiger partial charge in [0.2, 0.25) is 5.88 Å². The van der Waals surface area contributed by atoms with E-state index in [0.717, 1.165) is 27.2 Å². The zero-order valence-electron chi connectivity index (χ0n) is 23.8. The number of hydrogen-bond acceptors (Lipinski definition) is 9. The lowest BCUT2D eigenvalue weighted by atomic mass is 9.96. The van der Waals surface area contributed by atoms with Gasteiger partial charge in [-0.15, -0.1) is 11.3 Å². The van der Waals surface area contributed by atoms with Gasteiger partial charge in [0.25, 0.3) is 5.56 Å². The van der Waals surface area contributed by atoms with Crippen molar-refractivity contribution >= 4 is 33.0 Å². The predicted octanol–water partition coefficient (Wildman–Crippen LogP) is 5.70. The Morgan fingerprint density at radius 3 is 2.62 bits per heavy atom. The average Bonchev–Trinajstić information content (AvgIpc) is 3.54. The Kier molecular flexibility index (Phi) is 6.71. The van der Waals surface area contributed by atoms with Gasteiger partial charge in [0.15, 0.2) is 5.65 Å². The largest absolute Gasteiger partial charge is 0.474 e. The Morgan fingerprint density at radius 2 is 1.88 bits per heavy atom. The molecule has 42 heavy (non-hydrogen) atoms. The van der Waals surface area contributed by atoms with E-state index in [1.54, 1.807) is 21.3 Å². The summed E-state index contributed by atoms with van der Waals surface area (Å²) >= 11 is 1.52. The molecule has 6 rings (SSSR count). The lowest BCUT2D eigenvalue weighted by Gasteiger charge is -2.18. The van der Waals surface area contributed by atoms with Gasteiger partial charge < -0.3 is 10.5 Å². The van der Waals surface area contributed by atoms with Gasteiger partial charge in [-0.25, -0.2) is 19.6 Å². The highest BCUT2D eigenvalue weighted by atomic mass is 32.1. The third kappa shape index (κ3) is 4.46. The monoisotopic (exact) mass is 576 g/mol. The summed E-state index contributed by atoms with van der Waals surface area (Å²) in [4.78, 5) is 28.1. The van der Waals surface area contributed by atoms with Crippen LogP contribution in [0.25, 0.3) is 38.2 Å². The molecule has 0 aliphatic carbocycles. The molecule has 2 N–H and O–H groups in total. The van der Waals surface area contributed by atoms with Crippen LogP contribution in [-0.2, 0) is 0 Å². The predicted molar refractivity (Wildman–Crippen MR) is 164 cm³/mol. The molecule has 0 fully saturated rings. The number of pyridine rings is 2. The highest BCUT2D eigenvalue weighted by Gasteiger charge is 2.26. The van der Waals surface area contributed by atoms with Crippen LogP contribution >= 0.6 is 11.3 Å². The van der Waals surface area contributed by atoms with Crippen molar-refractivity contribution in [2.45, 2.75) is 46.8 Å². The zero-order valence-corrected chi connectivity index (χ0v) is 24.6. The van der Waals surface area contributed by atoms with Gasteiger partial charge in [-0.2, -0.15) is 10.4 Å². The van der Waals surface area contributed by atoms with Crippen LogP contribution in [0.4, 0.5) is 5.82 Å². The van der Waals surface area contributed by atoms with Gasteiger partial charge in [-0.1, -0.05) is 29.8 Å². The number of nitrogens with two attached hydrogens (primary N) is 1. The van der Waals surface area contributed by atoms with Crippen molar-refractivity contribution in [3.05, 3.63) is 87.0 Å². The normalized spacial score (nSPS) is 12.2. The summed E-state index contributed by atoms with van der Waals surface area (Å²) in [6.45, 7) is 9.67. The third-order valence-electron chi connectivity index (χ3n) is 7.14. The van der Waals surface area contributed by atoms with Crippen LogP contribution in [0.1, 0.15) is 49.2 Å². The van der Waals surface area contributed by atoms with Crippen LogP contribution in [0.3, 0.4) is 0 Å². The average molecular weight is 577 g/mol. The number of nitriles is 1. The SMILES string of the molecule is Cc1cccc(-c2c([C@H](C)n3nc(-c4cnc(OC(C)C)c(C#N)c4)c4c(N)ncnc43)cc3scc(C)n3c2=O)c1. The lowest BCUT2D eigenvalue weighted by Crippen LogP contribution is -2.21. The maximum Gasteiger partial charge on any atom is 0.264 e. The molecule has 5 heterocycles. The van der Waals surface area contributed by atoms with Crippen LogP contribution in [0.2, 0.25) is 0 Å². The number of aromatic nitrogens is 6. The lowest BCUT2D eigenvalue weighted by molar-refractivity contribution is 0.232. The molecule has 6 aromatic rings. The summed E-state index contributed by atoms with van der Waals surface area (Å²) in [6, 6.07) is 13.4. The highest BCUT2D eigenvalue weighted by molar-refractivity contribution is 7.15. The molecule has 0 aliphatic rings. The molecule has 10 nitrogen and oxygen atoms in total. The van der Waals surface area contributed by atoms with Crippen LogP contribution in [0.5, 0.6) is 5.88 Å². The minimum atomic E-state index is -0.418. The molecule has 5 aromatic heterocycles. The molecular weight excluding hydrogens is 548 g/mol. The fourth-order valence-corrected chi connectivity index (χ4v) is 6.15. The van der Waals surface area contributed by atoms with Crippen LogP contribution in [0, 0.1) is 25.2 Å². The summed E-state index contributed by atoms with van der Waals surface area (Å²) in [6.07, 6.45) is 2.86. The molecule has 210 valence electrons. The number of nitrogen functional groups attached to an aromatic ring is 1. The number of hydrogen-bond donors (Lipinski definition) is 1. The first-order valence-electron chi connectivity index (χ1n) is 13.4. The van der Waals surface area contributed by atoms with E-state index in [1.165, 1.54) is 17.7 Å². The van der Waals surface area contributed by atoms with E-state index in [2.05, 4.69) is 21.0 Å². The molecule has 1 atom stereocenters. The van der Waals surface area contributed by atoms with Crippen molar-refractivity contribution in [1.29, 1.82) is 5.26 Å². The Morgan fingerprint density at radius 1 is 1.07 bits per heavy atom. The van der Waals surface area contributed by atoms with E-state index < -0.39 is 6.04 Å². The maximum absolute atomic E-state index is 14.0. The molecular formula is C31H28N8O2S. The topological polar surface area (TPSA) is 137 Å². The van der Waals surface area contributed by atoms with Gasteiger partial charge in [-0.3, -0.25) is 9.20 Å². The summed E-state index contributed by atoms with van der Waals surface area (Å²) in [5.41, 5.74) is 12.3. The van der Waals surface area contributed by atoms with Crippen molar-refractivity contribution in [2.24, 2.45) is 0 Å². The molecule has 0 aliphatic heterocycles.